The first-order chi connectivity index (χ1) is 7.54. The Morgan fingerprint density at radius 1 is 1.56 bits per heavy atom. The van der Waals surface area contributed by atoms with Gasteiger partial charge in [-0.05, 0) is 12.3 Å². The van der Waals surface area contributed by atoms with Crippen LogP contribution in [-0.4, -0.2) is 21.3 Å². The number of nitrogens with one attached hydrogen (secondary N) is 1. The van der Waals surface area contributed by atoms with Crippen molar-refractivity contribution in [1.82, 2.24) is 9.36 Å². The summed E-state index contributed by atoms with van der Waals surface area (Å²) in [5.41, 5.74) is 5.31. The van der Waals surface area contributed by atoms with E-state index < -0.39 is 0 Å². The number of carbonyl (C=O) groups is 1. The van der Waals surface area contributed by atoms with Gasteiger partial charge < -0.3 is 11.1 Å². The van der Waals surface area contributed by atoms with Crippen molar-refractivity contribution in [1.29, 1.82) is 0 Å². The second kappa shape index (κ2) is 5.79. The van der Waals surface area contributed by atoms with E-state index in [1.807, 2.05) is 13.8 Å². The molecule has 0 aliphatic heterocycles. The Labute approximate surface area is 99.6 Å². The predicted molar refractivity (Wildman–Crippen MR) is 65.3 cm³/mol. The molecule has 0 aliphatic rings. The molecule has 0 aliphatic carbocycles. The third-order valence-corrected chi connectivity index (χ3v) is 2.88. The van der Waals surface area contributed by atoms with Crippen molar-refractivity contribution in [3.8, 4) is 0 Å². The van der Waals surface area contributed by atoms with Crippen molar-refractivity contribution in [3.05, 3.63) is 5.82 Å². The lowest BCUT2D eigenvalue weighted by Crippen LogP contribution is -2.39. The summed E-state index contributed by atoms with van der Waals surface area (Å²) >= 11 is 1.27. The lowest BCUT2D eigenvalue weighted by molar-refractivity contribution is -0.119. The van der Waals surface area contributed by atoms with Gasteiger partial charge in [0.2, 0.25) is 11.0 Å². The van der Waals surface area contributed by atoms with Crippen molar-refractivity contribution in [3.63, 3.8) is 0 Å². The maximum absolute atomic E-state index is 11.2. The van der Waals surface area contributed by atoms with E-state index in [1.165, 1.54) is 11.5 Å². The van der Waals surface area contributed by atoms with E-state index in [4.69, 9.17) is 5.73 Å². The second-order valence-corrected chi connectivity index (χ2v) is 4.79. The van der Waals surface area contributed by atoms with Gasteiger partial charge in [-0.25, -0.2) is 4.98 Å². The van der Waals surface area contributed by atoms with E-state index in [-0.39, 0.29) is 17.9 Å². The quantitative estimate of drug-likeness (QED) is 0.790. The number of nitrogens with zero attached hydrogens (tertiary/aromatic N) is 2. The Bertz CT molecular complexity index is 350. The number of anilines is 1. The molecular weight excluding hydrogens is 224 g/mol. The summed E-state index contributed by atoms with van der Waals surface area (Å²) in [6.07, 6.45) is 1.88. The minimum Gasteiger partial charge on any atom is -0.368 e. The van der Waals surface area contributed by atoms with Crippen LogP contribution in [0.1, 0.15) is 33.0 Å². The number of carbonyl (C=O) groups excluding carboxylic acids is 1. The first kappa shape index (κ1) is 12.9. The lowest BCUT2D eigenvalue weighted by atomic mass is 10.0. The number of aromatic nitrogens is 2. The molecule has 1 heterocycles. The summed E-state index contributed by atoms with van der Waals surface area (Å²) in [6, 6.07) is -0.387. The van der Waals surface area contributed by atoms with Gasteiger partial charge in [0.15, 0.2) is 0 Å². The molecule has 6 heteroatoms. The van der Waals surface area contributed by atoms with E-state index in [2.05, 4.69) is 21.6 Å². The molecule has 1 rings (SSSR count). The van der Waals surface area contributed by atoms with Crippen LogP contribution in [0.4, 0.5) is 5.13 Å². The number of amides is 1. The highest BCUT2D eigenvalue weighted by atomic mass is 32.1. The zero-order chi connectivity index (χ0) is 12.1. The average molecular weight is 242 g/mol. The van der Waals surface area contributed by atoms with Gasteiger partial charge in [0, 0.05) is 18.0 Å². The molecule has 16 heavy (non-hydrogen) atoms. The van der Waals surface area contributed by atoms with Crippen LogP contribution in [0.15, 0.2) is 0 Å². The first-order valence-corrected chi connectivity index (χ1v) is 6.20. The topological polar surface area (TPSA) is 80.9 Å². The summed E-state index contributed by atoms with van der Waals surface area (Å²) in [6.45, 7) is 5.96. The standard InChI is InChI=1S/C10H18N4OS/c1-4-5-7-12-10(16-14-7)13-8(6(2)3)9(11)15/h6,8H,4-5H2,1-3H3,(H2,11,15)(H,12,13,14). The van der Waals surface area contributed by atoms with E-state index >= 15 is 0 Å². The Balaban J connectivity index is 2.66. The van der Waals surface area contributed by atoms with Gasteiger partial charge in [-0.15, -0.1) is 0 Å². The first-order valence-electron chi connectivity index (χ1n) is 5.43. The monoisotopic (exact) mass is 242 g/mol. The third kappa shape index (κ3) is 3.44. The molecule has 90 valence electrons. The van der Waals surface area contributed by atoms with E-state index in [1.54, 1.807) is 0 Å². The van der Waals surface area contributed by atoms with Crippen LogP contribution >= 0.6 is 11.5 Å². The maximum Gasteiger partial charge on any atom is 0.240 e. The van der Waals surface area contributed by atoms with E-state index in [0.29, 0.717) is 5.13 Å². The minimum atomic E-state index is -0.387. The molecule has 0 saturated heterocycles. The molecule has 3 N–H and O–H groups in total. The third-order valence-electron chi connectivity index (χ3n) is 2.19. The fourth-order valence-electron chi connectivity index (χ4n) is 1.34. The van der Waals surface area contributed by atoms with Crippen molar-refractivity contribution < 1.29 is 4.79 Å². The van der Waals surface area contributed by atoms with Crippen LogP contribution in [0, 0.1) is 5.92 Å². The molecule has 0 radical (unpaired) electrons. The maximum atomic E-state index is 11.2. The van der Waals surface area contributed by atoms with Crippen molar-refractivity contribution in [2.24, 2.45) is 11.7 Å². The summed E-state index contributed by atoms with van der Waals surface area (Å²) in [4.78, 5) is 15.5. The van der Waals surface area contributed by atoms with Crippen LogP contribution in [0.5, 0.6) is 0 Å². The van der Waals surface area contributed by atoms with E-state index in [0.717, 1.165) is 18.7 Å². The van der Waals surface area contributed by atoms with Crippen molar-refractivity contribution in [2.45, 2.75) is 39.7 Å². The minimum absolute atomic E-state index is 0.135. The van der Waals surface area contributed by atoms with Gasteiger partial charge in [0.1, 0.15) is 11.9 Å². The van der Waals surface area contributed by atoms with Gasteiger partial charge in [-0.1, -0.05) is 20.8 Å². The van der Waals surface area contributed by atoms with Crippen LogP contribution in [0.2, 0.25) is 0 Å². The molecule has 1 amide bonds. The molecular formula is C10H18N4OS. The van der Waals surface area contributed by atoms with Gasteiger partial charge in [-0.3, -0.25) is 4.79 Å². The molecule has 1 aromatic heterocycles. The number of nitrogens with two attached hydrogens (primary N) is 1. The summed E-state index contributed by atoms with van der Waals surface area (Å²) in [5.74, 6) is 0.597. The zero-order valence-electron chi connectivity index (χ0n) is 9.86. The number of primary amides is 1. The Kier molecular flexibility index (Phi) is 4.67. The number of hydrogen-bond donors (Lipinski definition) is 2. The zero-order valence-corrected chi connectivity index (χ0v) is 10.7. The lowest BCUT2D eigenvalue weighted by Gasteiger charge is -2.17. The summed E-state index contributed by atoms with van der Waals surface area (Å²) in [5, 5.41) is 3.69. The highest BCUT2D eigenvalue weighted by Crippen LogP contribution is 2.16. The van der Waals surface area contributed by atoms with Crippen LogP contribution in [0.3, 0.4) is 0 Å². The van der Waals surface area contributed by atoms with Gasteiger partial charge in [0.25, 0.3) is 0 Å². The summed E-state index contributed by atoms with van der Waals surface area (Å²) in [7, 11) is 0. The normalized spacial score (nSPS) is 12.8. The van der Waals surface area contributed by atoms with Crippen LogP contribution < -0.4 is 11.1 Å². The average Bonchev–Trinajstić information content (AvgIpc) is 2.61. The molecule has 0 bridgehead atoms. The number of rotatable bonds is 6. The van der Waals surface area contributed by atoms with Gasteiger partial charge in [-0.2, -0.15) is 4.37 Å². The SMILES string of the molecule is CCCc1nsc(NC(C(N)=O)C(C)C)n1. The molecule has 1 atom stereocenters. The summed E-state index contributed by atoms with van der Waals surface area (Å²) < 4.78 is 4.19. The smallest absolute Gasteiger partial charge is 0.240 e. The van der Waals surface area contributed by atoms with E-state index in [9.17, 15) is 4.79 Å². The molecule has 1 aromatic rings. The van der Waals surface area contributed by atoms with Gasteiger partial charge in [0.05, 0.1) is 0 Å². The highest BCUT2D eigenvalue weighted by molar-refractivity contribution is 7.09. The molecule has 0 fully saturated rings. The largest absolute Gasteiger partial charge is 0.368 e. The van der Waals surface area contributed by atoms with Crippen LogP contribution in [-0.2, 0) is 11.2 Å². The number of aryl methyl sites for hydroxylation is 1. The highest BCUT2D eigenvalue weighted by Gasteiger charge is 2.20. The molecule has 0 spiro atoms. The van der Waals surface area contributed by atoms with Crippen LogP contribution in [0.25, 0.3) is 0 Å². The fourth-order valence-corrected chi connectivity index (χ4v) is 1.99. The molecule has 1 unspecified atom stereocenters. The van der Waals surface area contributed by atoms with Gasteiger partial charge >= 0.3 is 0 Å². The fraction of sp³-hybridized carbons (Fsp3) is 0.700. The molecule has 5 nitrogen and oxygen atoms in total. The Hall–Kier alpha value is -1.17. The molecule has 0 aromatic carbocycles. The second-order valence-electron chi connectivity index (χ2n) is 4.03. The molecule has 0 saturated carbocycles. The number of hydrogen-bond acceptors (Lipinski definition) is 5. The predicted octanol–water partition coefficient (Wildman–Crippen LogP) is 1.41. The Morgan fingerprint density at radius 2 is 2.25 bits per heavy atom. The van der Waals surface area contributed by atoms with Crippen molar-refractivity contribution in [2.75, 3.05) is 5.32 Å². The Morgan fingerprint density at radius 3 is 2.75 bits per heavy atom. The van der Waals surface area contributed by atoms with Crippen molar-refractivity contribution >= 4 is 22.6 Å².